The van der Waals surface area contributed by atoms with Crippen LogP contribution in [-0.2, 0) is 6.54 Å². The molecule has 0 spiro atoms. The number of carbonyl (C=O) groups excluding carboxylic acids is 1. The van der Waals surface area contributed by atoms with E-state index in [1.165, 1.54) is 11.3 Å². The smallest absolute Gasteiger partial charge is 0.169 e. The van der Waals surface area contributed by atoms with E-state index in [0.717, 1.165) is 71.9 Å². The van der Waals surface area contributed by atoms with E-state index in [4.69, 9.17) is 0 Å². The van der Waals surface area contributed by atoms with Crippen molar-refractivity contribution in [1.82, 2.24) is 30.0 Å². The number of H-pyrrole nitrogens is 2. The van der Waals surface area contributed by atoms with Crippen molar-refractivity contribution in [3.8, 4) is 33.1 Å². The van der Waals surface area contributed by atoms with Crippen LogP contribution in [0.2, 0.25) is 0 Å². The second kappa shape index (κ2) is 8.82. The van der Waals surface area contributed by atoms with Crippen LogP contribution in [-0.4, -0.2) is 49.9 Å². The van der Waals surface area contributed by atoms with Crippen LogP contribution >= 0.6 is 11.3 Å². The number of fused-ring (bicyclic) bond motifs is 2. The molecule has 0 aliphatic carbocycles. The Balaban J connectivity index is 1.43. The van der Waals surface area contributed by atoms with E-state index in [1.54, 1.807) is 6.92 Å². The minimum Gasteiger partial charge on any atom is -0.353 e. The molecule has 2 N–H and O–H groups in total. The highest BCUT2D eigenvalue weighted by Crippen LogP contribution is 2.37. The number of nitrogens with zero attached hydrogens (tertiary/aromatic N) is 4. The quantitative estimate of drug-likeness (QED) is 0.272. The number of rotatable bonds is 6. The highest BCUT2D eigenvalue weighted by molar-refractivity contribution is 7.17. The first-order valence-corrected chi connectivity index (χ1v) is 12.4. The number of nitrogens with one attached hydrogen (secondary N) is 2. The first kappa shape index (κ1) is 22.3. The van der Waals surface area contributed by atoms with Crippen LogP contribution in [0.15, 0.2) is 67.1 Å². The Morgan fingerprint density at radius 3 is 2.69 bits per heavy atom. The number of hydrogen-bond donors (Lipinski definition) is 2. The summed E-state index contributed by atoms with van der Waals surface area (Å²) in [5.41, 5.74) is 7.70. The lowest BCUT2D eigenvalue weighted by molar-refractivity contribution is 0.102. The van der Waals surface area contributed by atoms with Crippen molar-refractivity contribution in [3.63, 3.8) is 0 Å². The zero-order valence-corrected chi connectivity index (χ0v) is 21.0. The summed E-state index contributed by atoms with van der Waals surface area (Å²) in [4.78, 5) is 28.4. The molecule has 1 aromatic carbocycles. The summed E-state index contributed by atoms with van der Waals surface area (Å²) in [6.07, 6.45) is 5.56. The molecule has 0 bridgehead atoms. The fraction of sp³-hybridized carbons (Fsp3) is 0.143. The van der Waals surface area contributed by atoms with Crippen LogP contribution in [0.5, 0.6) is 0 Å². The van der Waals surface area contributed by atoms with Crippen molar-refractivity contribution < 1.29 is 4.79 Å². The number of benzene rings is 1. The summed E-state index contributed by atoms with van der Waals surface area (Å²) < 4.78 is 0. The van der Waals surface area contributed by atoms with Gasteiger partial charge in [0.15, 0.2) is 5.78 Å². The van der Waals surface area contributed by atoms with Crippen LogP contribution < -0.4 is 0 Å². The van der Waals surface area contributed by atoms with Crippen molar-refractivity contribution in [2.24, 2.45) is 0 Å². The molecule has 8 heteroatoms. The average molecular weight is 493 g/mol. The van der Waals surface area contributed by atoms with E-state index in [2.05, 4.69) is 60.4 Å². The Labute approximate surface area is 211 Å². The topological polar surface area (TPSA) is 90.6 Å². The molecule has 0 fully saturated rings. The van der Waals surface area contributed by atoms with E-state index in [9.17, 15) is 4.79 Å². The molecule has 7 nitrogen and oxygen atoms in total. The number of hydrogen-bond acceptors (Lipinski definition) is 6. The van der Waals surface area contributed by atoms with Crippen molar-refractivity contribution >= 4 is 38.9 Å². The minimum atomic E-state index is 0.0861. The Hall–Kier alpha value is -4.14. The molecule has 0 saturated heterocycles. The second-order valence-electron chi connectivity index (χ2n) is 9.18. The Morgan fingerprint density at radius 1 is 1.00 bits per heavy atom. The summed E-state index contributed by atoms with van der Waals surface area (Å²) in [5, 5.41) is 9.82. The monoisotopic (exact) mass is 492 g/mol. The molecule has 0 atom stereocenters. The number of pyridine rings is 2. The first-order valence-electron chi connectivity index (χ1n) is 11.6. The zero-order chi connectivity index (χ0) is 24.8. The number of Topliss-reactive ketones (excluding diaryl/α,β-unsaturated/α-hetero) is 1. The summed E-state index contributed by atoms with van der Waals surface area (Å²) >= 11 is 1.52. The third kappa shape index (κ3) is 4.00. The average Bonchev–Trinajstić information content (AvgIpc) is 3.60. The lowest BCUT2D eigenvalue weighted by Gasteiger charge is -2.10. The molecule has 0 saturated carbocycles. The largest absolute Gasteiger partial charge is 0.353 e. The van der Waals surface area contributed by atoms with Crippen molar-refractivity contribution in [1.29, 1.82) is 0 Å². The molecule has 0 amide bonds. The van der Waals surface area contributed by atoms with Gasteiger partial charge in [-0.1, -0.05) is 12.1 Å². The standard InChI is InChI=1S/C28H24N6OS/c1-16(35)26-7-8-27(36-26)19-5-4-6-22-20(19)10-24(31-22)28-21-11-23(30-14-25(21)32-33-28)18-9-17(12-29-13-18)15-34(2)3/h4-14,31H,15H2,1-3H3,(H,32,33). The number of aromatic nitrogens is 5. The zero-order valence-electron chi connectivity index (χ0n) is 20.2. The van der Waals surface area contributed by atoms with E-state index >= 15 is 0 Å². The van der Waals surface area contributed by atoms with Gasteiger partial charge in [-0.3, -0.25) is 19.9 Å². The molecule has 178 valence electrons. The summed E-state index contributed by atoms with van der Waals surface area (Å²) in [6, 6.07) is 16.4. The predicted molar refractivity (Wildman–Crippen MR) is 145 cm³/mol. The maximum absolute atomic E-state index is 11.8. The fourth-order valence-corrected chi connectivity index (χ4v) is 5.47. The van der Waals surface area contributed by atoms with Crippen LogP contribution in [0.4, 0.5) is 0 Å². The number of ketones is 1. The molecule has 36 heavy (non-hydrogen) atoms. The molecule has 6 aromatic rings. The molecular formula is C28H24N6OS. The van der Waals surface area contributed by atoms with Gasteiger partial charge in [0, 0.05) is 51.2 Å². The van der Waals surface area contributed by atoms with Gasteiger partial charge in [0.2, 0.25) is 0 Å². The van der Waals surface area contributed by atoms with Crippen molar-refractivity contribution in [2.75, 3.05) is 14.1 Å². The van der Waals surface area contributed by atoms with Gasteiger partial charge in [-0.15, -0.1) is 11.3 Å². The highest BCUT2D eigenvalue weighted by Gasteiger charge is 2.16. The summed E-state index contributed by atoms with van der Waals surface area (Å²) in [5.74, 6) is 0.0861. The first-order chi connectivity index (χ1) is 17.5. The van der Waals surface area contributed by atoms with Crippen LogP contribution in [0.25, 0.3) is 54.9 Å². The lowest BCUT2D eigenvalue weighted by atomic mass is 10.1. The minimum absolute atomic E-state index is 0.0861. The SMILES string of the molecule is CC(=O)c1ccc(-c2cccc3[nH]c(-c4n[nH]c5cnc(-c6cncc(CN(C)C)c6)cc45)cc23)s1. The lowest BCUT2D eigenvalue weighted by Crippen LogP contribution is -2.10. The molecular weight excluding hydrogens is 468 g/mol. The van der Waals surface area contributed by atoms with E-state index < -0.39 is 0 Å². The van der Waals surface area contributed by atoms with Gasteiger partial charge in [-0.2, -0.15) is 5.10 Å². The molecule has 6 rings (SSSR count). The van der Waals surface area contributed by atoms with Gasteiger partial charge >= 0.3 is 0 Å². The highest BCUT2D eigenvalue weighted by atomic mass is 32.1. The summed E-state index contributed by atoms with van der Waals surface area (Å²) in [7, 11) is 4.09. The van der Waals surface area contributed by atoms with Crippen molar-refractivity contribution in [3.05, 3.63) is 77.6 Å². The Morgan fingerprint density at radius 2 is 1.89 bits per heavy atom. The number of carbonyl (C=O) groups is 1. The van der Waals surface area contributed by atoms with E-state index in [-0.39, 0.29) is 5.78 Å². The second-order valence-corrected chi connectivity index (χ2v) is 10.3. The number of aromatic amines is 2. The molecule has 5 aromatic heterocycles. The maximum atomic E-state index is 11.8. The Kier molecular flexibility index (Phi) is 5.47. The molecule has 5 heterocycles. The van der Waals surface area contributed by atoms with Gasteiger partial charge in [0.05, 0.1) is 28.0 Å². The van der Waals surface area contributed by atoms with E-state index in [1.807, 2.05) is 50.9 Å². The van der Waals surface area contributed by atoms with Crippen LogP contribution in [0.3, 0.4) is 0 Å². The van der Waals surface area contributed by atoms with Gasteiger partial charge in [-0.05, 0) is 63.0 Å². The predicted octanol–water partition coefficient (Wildman–Crippen LogP) is 6.16. The third-order valence-corrected chi connectivity index (χ3v) is 7.39. The molecule has 0 radical (unpaired) electrons. The Bertz CT molecular complexity index is 1740. The van der Waals surface area contributed by atoms with Gasteiger partial charge in [-0.25, -0.2) is 0 Å². The third-order valence-electron chi connectivity index (χ3n) is 6.17. The van der Waals surface area contributed by atoms with Gasteiger partial charge in [0.1, 0.15) is 5.69 Å². The maximum Gasteiger partial charge on any atom is 0.169 e. The summed E-state index contributed by atoms with van der Waals surface area (Å²) in [6.45, 7) is 2.42. The van der Waals surface area contributed by atoms with Gasteiger partial charge < -0.3 is 9.88 Å². The van der Waals surface area contributed by atoms with Crippen molar-refractivity contribution in [2.45, 2.75) is 13.5 Å². The van der Waals surface area contributed by atoms with Crippen LogP contribution in [0.1, 0.15) is 22.2 Å². The fourth-order valence-electron chi connectivity index (χ4n) is 4.53. The van der Waals surface area contributed by atoms with Gasteiger partial charge in [0.25, 0.3) is 0 Å². The normalized spacial score (nSPS) is 11.7. The molecule has 0 aliphatic heterocycles. The van der Waals surface area contributed by atoms with E-state index in [0.29, 0.717) is 0 Å². The van der Waals surface area contributed by atoms with Crippen LogP contribution in [0, 0.1) is 0 Å². The molecule has 0 unspecified atom stereocenters. The molecule has 0 aliphatic rings. The number of thiophene rings is 1.